The standard InChI is InChI=1S/C17H31N5O3S/c1-25-13-12-20-16-18-14-17(20)15-19-6-5-9-22(11-10-19)26(23,24)21-7-3-2-4-8-21/h14,16H,2-13,15H2,1H3. The summed E-state index contributed by atoms with van der Waals surface area (Å²) in [5.74, 6) is 0. The molecule has 2 aliphatic rings. The highest BCUT2D eigenvalue weighted by atomic mass is 32.2. The van der Waals surface area contributed by atoms with Gasteiger partial charge in [-0.2, -0.15) is 17.0 Å². The second-order valence-electron chi connectivity index (χ2n) is 7.07. The summed E-state index contributed by atoms with van der Waals surface area (Å²) in [5.41, 5.74) is 1.15. The van der Waals surface area contributed by atoms with E-state index in [4.69, 9.17) is 4.74 Å². The molecule has 3 heterocycles. The van der Waals surface area contributed by atoms with Crippen molar-refractivity contribution in [3.8, 4) is 0 Å². The summed E-state index contributed by atoms with van der Waals surface area (Å²) in [5, 5.41) is 0. The van der Waals surface area contributed by atoms with E-state index in [1.807, 2.05) is 12.5 Å². The summed E-state index contributed by atoms with van der Waals surface area (Å²) in [4.78, 5) is 6.57. The monoisotopic (exact) mass is 385 g/mol. The molecule has 0 aliphatic carbocycles. The van der Waals surface area contributed by atoms with Gasteiger partial charge in [-0.15, -0.1) is 0 Å². The largest absolute Gasteiger partial charge is 0.383 e. The maximum atomic E-state index is 12.9. The molecule has 9 heteroatoms. The quantitative estimate of drug-likeness (QED) is 0.693. The zero-order valence-corrected chi connectivity index (χ0v) is 16.5. The van der Waals surface area contributed by atoms with Crippen molar-refractivity contribution < 1.29 is 13.2 Å². The lowest BCUT2D eigenvalue weighted by Crippen LogP contribution is -2.47. The molecule has 0 N–H and O–H groups in total. The summed E-state index contributed by atoms with van der Waals surface area (Å²) < 4.78 is 36.4. The third kappa shape index (κ3) is 4.83. The van der Waals surface area contributed by atoms with Gasteiger partial charge in [-0.1, -0.05) is 6.42 Å². The highest BCUT2D eigenvalue weighted by molar-refractivity contribution is 7.86. The van der Waals surface area contributed by atoms with Crippen LogP contribution in [0.3, 0.4) is 0 Å². The third-order valence-corrected chi connectivity index (χ3v) is 7.27. The smallest absolute Gasteiger partial charge is 0.282 e. The Kier molecular flexibility index (Phi) is 7.05. The first-order valence-electron chi connectivity index (χ1n) is 9.57. The van der Waals surface area contributed by atoms with Crippen LogP contribution in [0.4, 0.5) is 0 Å². The van der Waals surface area contributed by atoms with Crippen LogP contribution in [0.15, 0.2) is 12.5 Å². The van der Waals surface area contributed by atoms with Gasteiger partial charge in [-0.3, -0.25) is 4.90 Å². The van der Waals surface area contributed by atoms with E-state index in [-0.39, 0.29) is 0 Å². The first-order chi connectivity index (χ1) is 12.6. The van der Waals surface area contributed by atoms with Crippen LogP contribution >= 0.6 is 0 Å². The molecule has 26 heavy (non-hydrogen) atoms. The van der Waals surface area contributed by atoms with Crippen molar-refractivity contribution in [3.63, 3.8) is 0 Å². The van der Waals surface area contributed by atoms with Crippen LogP contribution in [-0.4, -0.2) is 84.5 Å². The fraction of sp³-hybridized carbons (Fsp3) is 0.824. The maximum absolute atomic E-state index is 12.9. The van der Waals surface area contributed by atoms with Crippen molar-refractivity contribution in [2.24, 2.45) is 0 Å². The zero-order valence-electron chi connectivity index (χ0n) is 15.7. The van der Waals surface area contributed by atoms with Gasteiger partial charge >= 0.3 is 0 Å². The van der Waals surface area contributed by atoms with Gasteiger partial charge in [0.2, 0.25) is 0 Å². The molecule has 0 unspecified atom stereocenters. The van der Waals surface area contributed by atoms with Crippen LogP contribution in [0.5, 0.6) is 0 Å². The van der Waals surface area contributed by atoms with Crippen LogP contribution in [0.25, 0.3) is 0 Å². The topological polar surface area (TPSA) is 70.9 Å². The van der Waals surface area contributed by atoms with Gasteiger partial charge in [0.25, 0.3) is 10.2 Å². The van der Waals surface area contributed by atoms with Crippen LogP contribution in [0, 0.1) is 0 Å². The van der Waals surface area contributed by atoms with E-state index >= 15 is 0 Å². The molecule has 8 nitrogen and oxygen atoms in total. The SMILES string of the molecule is COCCn1cncc1CN1CCCN(S(=O)(=O)N2CCCCC2)CC1. The average Bonchev–Trinajstić information content (AvgIpc) is 2.95. The molecule has 0 radical (unpaired) electrons. The minimum atomic E-state index is -3.31. The van der Waals surface area contributed by atoms with Gasteiger partial charge in [0, 0.05) is 59.1 Å². The Labute approximate surface area is 156 Å². The van der Waals surface area contributed by atoms with E-state index in [0.717, 1.165) is 57.6 Å². The van der Waals surface area contributed by atoms with Crippen molar-refractivity contribution in [2.45, 2.75) is 38.8 Å². The number of hydrogen-bond acceptors (Lipinski definition) is 5. The van der Waals surface area contributed by atoms with E-state index < -0.39 is 10.2 Å². The van der Waals surface area contributed by atoms with Crippen molar-refractivity contribution in [3.05, 3.63) is 18.2 Å². The first-order valence-corrected chi connectivity index (χ1v) is 11.0. The van der Waals surface area contributed by atoms with Gasteiger partial charge in [0.1, 0.15) is 0 Å². The normalized spacial score (nSPS) is 21.7. The van der Waals surface area contributed by atoms with Gasteiger partial charge in [-0.25, -0.2) is 4.98 Å². The van der Waals surface area contributed by atoms with E-state index in [1.54, 1.807) is 15.7 Å². The van der Waals surface area contributed by atoms with Crippen molar-refractivity contribution in [1.82, 2.24) is 23.1 Å². The number of aromatic nitrogens is 2. The molecular formula is C17H31N5O3S. The van der Waals surface area contributed by atoms with Crippen molar-refractivity contribution in [2.75, 3.05) is 53.0 Å². The minimum Gasteiger partial charge on any atom is -0.383 e. The number of rotatable bonds is 7. The molecule has 0 spiro atoms. The van der Waals surface area contributed by atoms with Crippen molar-refractivity contribution in [1.29, 1.82) is 0 Å². The second kappa shape index (κ2) is 9.27. The lowest BCUT2D eigenvalue weighted by Gasteiger charge is -2.31. The molecule has 0 atom stereocenters. The van der Waals surface area contributed by atoms with E-state index in [9.17, 15) is 8.42 Å². The number of ether oxygens (including phenoxy) is 1. The Hall–Kier alpha value is -1.00. The predicted octanol–water partition coefficient (Wildman–Crippen LogP) is 0.768. The van der Waals surface area contributed by atoms with Gasteiger partial charge in [0.15, 0.2) is 0 Å². The highest BCUT2D eigenvalue weighted by Gasteiger charge is 2.31. The molecule has 3 rings (SSSR count). The Morgan fingerprint density at radius 2 is 1.73 bits per heavy atom. The molecule has 148 valence electrons. The van der Waals surface area contributed by atoms with Gasteiger partial charge in [-0.05, 0) is 25.8 Å². The summed E-state index contributed by atoms with van der Waals surface area (Å²) in [6, 6.07) is 0. The summed E-state index contributed by atoms with van der Waals surface area (Å²) in [6.07, 6.45) is 7.67. The molecule has 0 bridgehead atoms. The van der Waals surface area contributed by atoms with Gasteiger partial charge < -0.3 is 9.30 Å². The maximum Gasteiger partial charge on any atom is 0.282 e. The zero-order chi connectivity index (χ0) is 18.4. The summed E-state index contributed by atoms with van der Waals surface area (Å²) >= 11 is 0. The molecule has 1 aromatic heterocycles. The fourth-order valence-corrected chi connectivity index (χ4v) is 5.41. The molecule has 2 aliphatic heterocycles. The molecule has 2 fully saturated rings. The highest BCUT2D eigenvalue weighted by Crippen LogP contribution is 2.18. The van der Waals surface area contributed by atoms with Crippen LogP contribution in [0.1, 0.15) is 31.4 Å². The molecule has 1 aromatic rings. The Bertz CT molecular complexity index is 657. The van der Waals surface area contributed by atoms with Crippen LogP contribution in [-0.2, 0) is 28.0 Å². The van der Waals surface area contributed by atoms with E-state index in [1.165, 1.54) is 0 Å². The summed E-state index contributed by atoms with van der Waals surface area (Å²) in [7, 11) is -1.61. The van der Waals surface area contributed by atoms with Crippen LogP contribution in [0.2, 0.25) is 0 Å². The lowest BCUT2D eigenvalue weighted by molar-refractivity contribution is 0.184. The minimum absolute atomic E-state index is 0.561. The first kappa shape index (κ1) is 19.8. The number of imidazole rings is 1. The Morgan fingerprint density at radius 1 is 1.00 bits per heavy atom. The molecule has 2 saturated heterocycles. The molecule has 0 amide bonds. The number of piperidine rings is 1. The lowest BCUT2D eigenvalue weighted by atomic mass is 10.2. The number of hydrogen-bond donors (Lipinski definition) is 0. The number of methoxy groups -OCH3 is 1. The van der Waals surface area contributed by atoms with Gasteiger partial charge in [0.05, 0.1) is 18.6 Å². The Balaban J connectivity index is 1.57. The van der Waals surface area contributed by atoms with E-state index in [0.29, 0.717) is 32.8 Å². The second-order valence-corrected chi connectivity index (χ2v) is 9.00. The van der Waals surface area contributed by atoms with E-state index in [2.05, 4.69) is 14.5 Å². The predicted molar refractivity (Wildman–Crippen MR) is 99.9 cm³/mol. The fourth-order valence-electron chi connectivity index (χ4n) is 3.69. The summed E-state index contributed by atoms with van der Waals surface area (Å²) in [6.45, 7) is 6.40. The van der Waals surface area contributed by atoms with Crippen LogP contribution < -0.4 is 0 Å². The average molecular weight is 386 g/mol. The number of nitrogens with zero attached hydrogens (tertiary/aromatic N) is 5. The Morgan fingerprint density at radius 3 is 2.50 bits per heavy atom. The molecular weight excluding hydrogens is 354 g/mol. The molecule has 0 saturated carbocycles. The molecule has 0 aromatic carbocycles. The van der Waals surface area contributed by atoms with Crippen molar-refractivity contribution >= 4 is 10.2 Å². The third-order valence-electron chi connectivity index (χ3n) is 5.24.